The van der Waals surface area contributed by atoms with E-state index in [9.17, 15) is 0 Å². The van der Waals surface area contributed by atoms with E-state index in [4.69, 9.17) is 15.0 Å². The Morgan fingerprint density at radius 2 is 0.887 bits per heavy atom. The number of fused-ring (bicyclic) bond motifs is 10. The van der Waals surface area contributed by atoms with E-state index in [1.165, 1.54) is 48.7 Å². The normalized spacial score (nSPS) is 11.9. The van der Waals surface area contributed by atoms with Crippen LogP contribution in [-0.2, 0) is 0 Å². The Morgan fingerprint density at radius 1 is 0.290 bits per heavy atom. The van der Waals surface area contributed by atoms with Crippen molar-refractivity contribution in [2.45, 2.75) is 0 Å². The molecule has 0 saturated heterocycles. The highest BCUT2D eigenvalue weighted by molar-refractivity contribution is 6.21. The average Bonchev–Trinajstić information content (AvgIpc) is 3.85. The molecule has 13 aromatic rings. The summed E-state index contributed by atoms with van der Waals surface area (Å²) in [5.41, 5.74) is 9.70. The van der Waals surface area contributed by atoms with Gasteiger partial charge in [-0.3, -0.25) is 0 Å². The molecule has 5 heteroatoms. The molecule has 0 spiro atoms. The van der Waals surface area contributed by atoms with E-state index < -0.39 is 0 Å². The van der Waals surface area contributed by atoms with Gasteiger partial charge in [0.25, 0.3) is 0 Å². The first-order chi connectivity index (χ1) is 30.7. The van der Waals surface area contributed by atoms with E-state index in [2.05, 4.69) is 203 Å². The maximum absolute atomic E-state index is 5.33. The van der Waals surface area contributed by atoms with Gasteiger partial charge in [0, 0.05) is 54.7 Å². The Bertz CT molecular complexity index is 3920. The first-order valence-electron chi connectivity index (χ1n) is 21.0. The molecular formula is C57H35N5. The van der Waals surface area contributed by atoms with Gasteiger partial charge in [0.1, 0.15) is 0 Å². The monoisotopic (exact) mass is 789 g/mol. The molecule has 0 unspecified atom stereocenters. The summed E-state index contributed by atoms with van der Waals surface area (Å²) in [5.74, 6) is 1.88. The van der Waals surface area contributed by atoms with Crippen LogP contribution in [0.4, 0.5) is 0 Å². The van der Waals surface area contributed by atoms with Gasteiger partial charge in [-0.15, -0.1) is 0 Å². The molecule has 10 aromatic carbocycles. The van der Waals surface area contributed by atoms with Crippen LogP contribution < -0.4 is 0 Å². The molecule has 13 rings (SSSR count). The first-order valence-corrected chi connectivity index (χ1v) is 21.0. The molecule has 0 aliphatic heterocycles. The third kappa shape index (κ3) is 5.25. The van der Waals surface area contributed by atoms with Crippen molar-refractivity contribution in [1.29, 1.82) is 0 Å². The van der Waals surface area contributed by atoms with Crippen molar-refractivity contribution in [1.82, 2.24) is 24.1 Å². The second-order valence-electron chi connectivity index (χ2n) is 16.0. The lowest BCUT2D eigenvalue weighted by Crippen LogP contribution is -2.02. The molecule has 0 aliphatic carbocycles. The summed E-state index contributed by atoms with van der Waals surface area (Å²) < 4.78 is 4.81. The van der Waals surface area contributed by atoms with Crippen LogP contribution in [0.2, 0.25) is 0 Å². The van der Waals surface area contributed by atoms with Crippen molar-refractivity contribution >= 4 is 75.9 Å². The molecule has 0 N–H and O–H groups in total. The molecule has 0 aliphatic rings. The van der Waals surface area contributed by atoms with Crippen LogP contribution in [0.3, 0.4) is 0 Å². The van der Waals surface area contributed by atoms with E-state index in [1.807, 2.05) is 18.2 Å². The number of rotatable bonds is 5. The highest BCUT2D eigenvalue weighted by atomic mass is 15.0. The van der Waals surface area contributed by atoms with E-state index in [0.29, 0.717) is 17.5 Å². The van der Waals surface area contributed by atoms with Gasteiger partial charge in [-0.05, 0) is 82.2 Å². The average molecular weight is 790 g/mol. The minimum atomic E-state index is 0.626. The molecule has 0 atom stereocenters. The molecule has 0 fully saturated rings. The molecule has 5 nitrogen and oxygen atoms in total. The molecule has 0 saturated carbocycles. The maximum atomic E-state index is 5.33. The molecular weight excluding hydrogens is 755 g/mol. The largest absolute Gasteiger partial charge is 0.309 e. The molecule has 288 valence electrons. The van der Waals surface area contributed by atoms with Crippen LogP contribution in [-0.4, -0.2) is 24.1 Å². The smallest absolute Gasteiger partial charge is 0.164 e. The zero-order chi connectivity index (χ0) is 40.7. The first kappa shape index (κ1) is 34.5. The van der Waals surface area contributed by atoms with Crippen LogP contribution in [0, 0.1) is 0 Å². The van der Waals surface area contributed by atoms with Gasteiger partial charge < -0.3 is 9.13 Å². The van der Waals surface area contributed by atoms with Crippen molar-refractivity contribution in [3.8, 4) is 45.5 Å². The van der Waals surface area contributed by atoms with Crippen molar-refractivity contribution in [3.05, 3.63) is 212 Å². The van der Waals surface area contributed by atoms with Crippen molar-refractivity contribution in [2.75, 3.05) is 0 Å². The van der Waals surface area contributed by atoms with Gasteiger partial charge in [0.05, 0.1) is 27.8 Å². The second-order valence-corrected chi connectivity index (χ2v) is 16.0. The van der Waals surface area contributed by atoms with Gasteiger partial charge >= 0.3 is 0 Å². The molecule has 0 amide bonds. The topological polar surface area (TPSA) is 48.5 Å². The lowest BCUT2D eigenvalue weighted by atomic mass is 10.0. The number of nitrogens with zero attached hydrogens (tertiary/aromatic N) is 5. The summed E-state index contributed by atoms with van der Waals surface area (Å²) in [6.45, 7) is 0. The molecule has 3 aromatic heterocycles. The summed E-state index contributed by atoms with van der Waals surface area (Å²) in [4.78, 5) is 15.8. The summed E-state index contributed by atoms with van der Waals surface area (Å²) in [6, 6.07) is 75.7. The highest BCUT2D eigenvalue weighted by Gasteiger charge is 2.21. The second kappa shape index (κ2) is 13.6. The lowest BCUT2D eigenvalue weighted by Gasteiger charge is -2.16. The Labute approximate surface area is 356 Å². The summed E-state index contributed by atoms with van der Waals surface area (Å²) in [5, 5.41) is 11.8. The lowest BCUT2D eigenvalue weighted by molar-refractivity contribution is 1.08. The number of hydrogen-bond acceptors (Lipinski definition) is 3. The van der Waals surface area contributed by atoms with Crippen molar-refractivity contribution in [3.63, 3.8) is 0 Å². The van der Waals surface area contributed by atoms with E-state index in [0.717, 1.165) is 55.3 Å². The standard InChI is InChI=1S/C57H35N5/c1-3-16-37(17-4-1)55-58-56(40-28-31-52-48(34-40)45-25-13-14-26-50(45)61(52)41-20-5-2-6-21-41)60-57(59-55)47-30-32-51(44-24-12-11-23-43(44)47)62-53-35-39-19-8-7-18-38(39)33-49(53)46-29-27-36-15-9-10-22-42(36)54(46)62/h1-35H. The van der Waals surface area contributed by atoms with E-state index >= 15 is 0 Å². The Balaban J connectivity index is 1.05. The molecule has 0 bridgehead atoms. The highest BCUT2D eigenvalue weighted by Crippen LogP contribution is 2.42. The van der Waals surface area contributed by atoms with Crippen LogP contribution in [0.5, 0.6) is 0 Å². The van der Waals surface area contributed by atoms with Crippen molar-refractivity contribution < 1.29 is 0 Å². The maximum Gasteiger partial charge on any atom is 0.164 e. The van der Waals surface area contributed by atoms with E-state index in [1.54, 1.807) is 0 Å². The van der Waals surface area contributed by atoms with Gasteiger partial charge in [-0.25, -0.2) is 15.0 Å². The van der Waals surface area contributed by atoms with E-state index in [-0.39, 0.29) is 0 Å². The third-order valence-electron chi connectivity index (χ3n) is 12.5. The van der Waals surface area contributed by atoms with Crippen LogP contribution >= 0.6 is 0 Å². The Morgan fingerprint density at radius 3 is 1.69 bits per heavy atom. The molecule has 62 heavy (non-hydrogen) atoms. The SMILES string of the molecule is c1ccc(-c2nc(-c3ccc4c(c3)c3ccccc3n4-c3ccccc3)nc(-c3ccc(-n4c5cc6ccccc6cc5c5ccc6ccccc6c54)c4ccccc34)n2)cc1. The van der Waals surface area contributed by atoms with Crippen LogP contribution in [0.25, 0.3) is 121 Å². The number of benzene rings is 10. The fourth-order valence-corrected chi connectivity index (χ4v) is 9.70. The number of aromatic nitrogens is 5. The molecule has 0 radical (unpaired) electrons. The molecule has 3 heterocycles. The quantitative estimate of drug-likeness (QED) is 0.174. The number of para-hydroxylation sites is 2. The third-order valence-corrected chi connectivity index (χ3v) is 12.5. The van der Waals surface area contributed by atoms with Gasteiger partial charge in [0.15, 0.2) is 17.5 Å². The Kier molecular flexibility index (Phi) is 7.54. The summed E-state index contributed by atoms with van der Waals surface area (Å²) in [7, 11) is 0. The Hall–Kier alpha value is -8.41. The predicted molar refractivity (Wildman–Crippen MR) is 257 cm³/mol. The minimum Gasteiger partial charge on any atom is -0.309 e. The van der Waals surface area contributed by atoms with Crippen molar-refractivity contribution in [2.24, 2.45) is 0 Å². The fourth-order valence-electron chi connectivity index (χ4n) is 9.70. The van der Waals surface area contributed by atoms with Gasteiger partial charge in [0.2, 0.25) is 0 Å². The number of hydrogen-bond donors (Lipinski definition) is 0. The van der Waals surface area contributed by atoms with Crippen LogP contribution in [0.15, 0.2) is 212 Å². The fraction of sp³-hybridized carbons (Fsp3) is 0. The zero-order valence-electron chi connectivity index (χ0n) is 33.4. The van der Waals surface area contributed by atoms with Gasteiger partial charge in [-0.2, -0.15) is 0 Å². The minimum absolute atomic E-state index is 0.626. The van der Waals surface area contributed by atoms with Crippen LogP contribution in [0.1, 0.15) is 0 Å². The summed E-state index contributed by atoms with van der Waals surface area (Å²) in [6.07, 6.45) is 0. The predicted octanol–water partition coefficient (Wildman–Crippen LogP) is 14.5. The zero-order valence-corrected chi connectivity index (χ0v) is 33.4. The van der Waals surface area contributed by atoms with Gasteiger partial charge in [-0.1, -0.05) is 152 Å². The summed E-state index contributed by atoms with van der Waals surface area (Å²) >= 11 is 0.